The third-order valence-corrected chi connectivity index (χ3v) is 3.80. The number of benzene rings is 2. The topological polar surface area (TPSA) is 15.3 Å². The van der Waals surface area contributed by atoms with Crippen molar-refractivity contribution < 1.29 is 0 Å². The average molecular weight is 354 g/mol. The number of nitrogens with zero attached hydrogens (tertiary/aromatic N) is 1. The van der Waals surface area contributed by atoms with Crippen molar-refractivity contribution in [1.29, 1.82) is 0 Å². The van der Waals surface area contributed by atoms with Crippen LogP contribution in [0.25, 0.3) is 0 Å². The van der Waals surface area contributed by atoms with Crippen molar-refractivity contribution in [2.45, 2.75) is 13.1 Å². The molecule has 20 heavy (non-hydrogen) atoms. The smallest absolute Gasteiger partial charge is 0.0467 e. The zero-order chi connectivity index (χ0) is 14.5. The number of rotatable bonds is 5. The second kappa shape index (κ2) is 7.11. The molecule has 0 aliphatic heterocycles. The van der Waals surface area contributed by atoms with Gasteiger partial charge in [0.05, 0.1) is 0 Å². The fraction of sp³-hybridized carbons (Fsp3) is 0.250. The zero-order valence-electron chi connectivity index (χ0n) is 11.7. The highest BCUT2D eigenvalue weighted by Gasteiger charge is 2.01. The highest BCUT2D eigenvalue weighted by atomic mass is 79.9. The summed E-state index contributed by atoms with van der Waals surface area (Å²) in [7, 11) is 4.14. The Morgan fingerprint density at radius 3 is 2.40 bits per heavy atom. The van der Waals surface area contributed by atoms with Crippen LogP contribution >= 0.6 is 27.5 Å². The van der Waals surface area contributed by atoms with Gasteiger partial charge in [-0.2, -0.15) is 0 Å². The fourth-order valence-electron chi connectivity index (χ4n) is 1.96. The molecule has 0 aliphatic rings. The average Bonchev–Trinajstić information content (AvgIpc) is 2.39. The van der Waals surface area contributed by atoms with E-state index in [1.807, 2.05) is 18.2 Å². The number of nitrogens with one attached hydrogen (secondary N) is 1. The highest BCUT2D eigenvalue weighted by Crippen LogP contribution is 2.22. The first kappa shape index (κ1) is 15.4. The summed E-state index contributed by atoms with van der Waals surface area (Å²) in [5.74, 6) is 0. The Bertz CT molecular complexity index is 567. The van der Waals surface area contributed by atoms with Gasteiger partial charge in [-0.1, -0.05) is 45.7 Å². The monoisotopic (exact) mass is 352 g/mol. The molecule has 0 saturated heterocycles. The zero-order valence-corrected chi connectivity index (χ0v) is 14.0. The Hall–Kier alpha value is -1.03. The Morgan fingerprint density at radius 1 is 1.10 bits per heavy atom. The second-order valence-electron chi connectivity index (χ2n) is 5.02. The summed E-state index contributed by atoms with van der Waals surface area (Å²) in [6.45, 7) is 1.68. The van der Waals surface area contributed by atoms with Crippen molar-refractivity contribution in [3.8, 4) is 0 Å². The molecular weight excluding hydrogens is 336 g/mol. The lowest BCUT2D eigenvalue weighted by Gasteiger charge is -2.11. The molecule has 4 heteroatoms. The predicted octanol–water partition coefficient (Wildman–Crippen LogP) is 4.78. The fourth-order valence-corrected chi connectivity index (χ4v) is 2.70. The maximum atomic E-state index is 6.20. The van der Waals surface area contributed by atoms with E-state index in [1.165, 1.54) is 5.56 Å². The minimum absolute atomic E-state index is 0.721. The predicted molar refractivity (Wildman–Crippen MR) is 90.3 cm³/mol. The first-order valence-electron chi connectivity index (χ1n) is 6.46. The summed E-state index contributed by atoms with van der Waals surface area (Å²) in [6, 6.07) is 14.4. The van der Waals surface area contributed by atoms with E-state index in [-0.39, 0.29) is 0 Å². The Labute approximate surface area is 133 Å². The SMILES string of the molecule is CN(C)Cc1ccc(NCc2ccc(Br)cc2Cl)cc1. The normalized spacial score (nSPS) is 10.8. The lowest BCUT2D eigenvalue weighted by molar-refractivity contribution is 0.402. The number of hydrogen-bond acceptors (Lipinski definition) is 2. The van der Waals surface area contributed by atoms with Crippen molar-refractivity contribution in [3.05, 3.63) is 63.1 Å². The Balaban J connectivity index is 1.96. The third kappa shape index (κ3) is 4.51. The standard InChI is InChI=1S/C16H18BrClN2/c1-20(2)11-12-3-7-15(8-4-12)19-10-13-5-6-14(17)9-16(13)18/h3-9,19H,10-11H2,1-2H3. The van der Waals surface area contributed by atoms with Gasteiger partial charge in [0.15, 0.2) is 0 Å². The minimum Gasteiger partial charge on any atom is -0.381 e. The quantitative estimate of drug-likeness (QED) is 0.832. The lowest BCUT2D eigenvalue weighted by Crippen LogP contribution is -2.10. The van der Waals surface area contributed by atoms with Crippen molar-refractivity contribution in [3.63, 3.8) is 0 Å². The molecule has 0 amide bonds. The maximum Gasteiger partial charge on any atom is 0.0467 e. The molecule has 0 saturated carbocycles. The summed E-state index contributed by atoms with van der Waals surface area (Å²) in [4.78, 5) is 2.16. The van der Waals surface area contributed by atoms with E-state index in [2.05, 4.69) is 64.5 Å². The van der Waals surface area contributed by atoms with Crippen LogP contribution in [0.5, 0.6) is 0 Å². The van der Waals surface area contributed by atoms with Crippen LogP contribution in [-0.4, -0.2) is 19.0 Å². The van der Waals surface area contributed by atoms with Crippen LogP contribution in [0.2, 0.25) is 5.02 Å². The molecule has 106 valence electrons. The molecule has 0 aromatic heterocycles. The molecule has 2 aromatic carbocycles. The molecule has 0 spiro atoms. The second-order valence-corrected chi connectivity index (χ2v) is 6.35. The first-order chi connectivity index (χ1) is 9.54. The number of halogens is 2. The van der Waals surface area contributed by atoms with Gasteiger partial charge in [-0.25, -0.2) is 0 Å². The molecular formula is C16H18BrClN2. The van der Waals surface area contributed by atoms with Gasteiger partial charge >= 0.3 is 0 Å². The van der Waals surface area contributed by atoms with Crippen molar-refractivity contribution in [2.75, 3.05) is 19.4 Å². The molecule has 0 aliphatic carbocycles. The molecule has 2 rings (SSSR count). The summed E-state index contributed by atoms with van der Waals surface area (Å²) in [5.41, 5.74) is 3.50. The van der Waals surface area contributed by atoms with Crippen LogP contribution in [0, 0.1) is 0 Å². The third-order valence-electron chi connectivity index (χ3n) is 2.95. The van der Waals surface area contributed by atoms with Gasteiger partial charge in [0.1, 0.15) is 0 Å². The molecule has 1 N–H and O–H groups in total. The Morgan fingerprint density at radius 2 is 1.80 bits per heavy atom. The van der Waals surface area contributed by atoms with Crippen LogP contribution < -0.4 is 5.32 Å². The van der Waals surface area contributed by atoms with Gasteiger partial charge in [-0.05, 0) is 49.5 Å². The molecule has 0 fully saturated rings. The minimum atomic E-state index is 0.721. The van der Waals surface area contributed by atoms with E-state index in [1.54, 1.807) is 0 Å². The van der Waals surface area contributed by atoms with E-state index >= 15 is 0 Å². The molecule has 0 heterocycles. The highest BCUT2D eigenvalue weighted by molar-refractivity contribution is 9.10. The van der Waals surface area contributed by atoms with Crippen molar-refractivity contribution >= 4 is 33.2 Å². The number of anilines is 1. The van der Waals surface area contributed by atoms with Gasteiger partial charge in [0, 0.05) is 28.3 Å². The van der Waals surface area contributed by atoms with E-state index < -0.39 is 0 Å². The lowest BCUT2D eigenvalue weighted by atomic mass is 10.2. The van der Waals surface area contributed by atoms with E-state index in [0.717, 1.165) is 33.8 Å². The van der Waals surface area contributed by atoms with Crippen molar-refractivity contribution in [1.82, 2.24) is 4.90 Å². The maximum absolute atomic E-state index is 6.20. The summed E-state index contributed by atoms with van der Waals surface area (Å²) in [6.07, 6.45) is 0. The largest absolute Gasteiger partial charge is 0.381 e. The molecule has 0 bridgehead atoms. The van der Waals surface area contributed by atoms with Crippen LogP contribution in [0.1, 0.15) is 11.1 Å². The molecule has 2 aromatic rings. The first-order valence-corrected chi connectivity index (χ1v) is 7.63. The van der Waals surface area contributed by atoms with E-state index in [4.69, 9.17) is 11.6 Å². The van der Waals surface area contributed by atoms with Gasteiger partial charge < -0.3 is 10.2 Å². The van der Waals surface area contributed by atoms with Crippen LogP contribution in [-0.2, 0) is 13.1 Å². The summed E-state index contributed by atoms with van der Waals surface area (Å²) >= 11 is 9.61. The van der Waals surface area contributed by atoms with Gasteiger partial charge in [0.2, 0.25) is 0 Å². The van der Waals surface area contributed by atoms with Gasteiger partial charge in [-0.15, -0.1) is 0 Å². The van der Waals surface area contributed by atoms with Crippen LogP contribution in [0.3, 0.4) is 0 Å². The van der Waals surface area contributed by atoms with E-state index in [0.29, 0.717) is 0 Å². The van der Waals surface area contributed by atoms with E-state index in [9.17, 15) is 0 Å². The van der Waals surface area contributed by atoms with Gasteiger partial charge in [-0.3, -0.25) is 0 Å². The molecule has 0 unspecified atom stereocenters. The van der Waals surface area contributed by atoms with Crippen LogP contribution in [0.4, 0.5) is 5.69 Å². The molecule has 0 radical (unpaired) electrons. The Kier molecular flexibility index (Phi) is 5.46. The van der Waals surface area contributed by atoms with Crippen molar-refractivity contribution in [2.24, 2.45) is 0 Å². The molecule has 2 nitrogen and oxygen atoms in total. The summed E-state index contributed by atoms with van der Waals surface area (Å²) < 4.78 is 0.999. The number of hydrogen-bond donors (Lipinski definition) is 1. The summed E-state index contributed by atoms with van der Waals surface area (Å²) in [5, 5.41) is 4.16. The van der Waals surface area contributed by atoms with Crippen LogP contribution in [0.15, 0.2) is 46.9 Å². The molecule has 0 atom stereocenters. The van der Waals surface area contributed by atoms with Gasteiger partial charge in [0.25, 0.3) is 0 Å².